The number of hydrazone groups is 1. The maximum absolute atomic E-state index is 11.7. The highest BCUT2D eigenvalue weighted by molar-refractivity contribution is 6.30. The van der Waals surface area contributed by atoms with Crippen molar-refractivity contribution < 1.29 is 4.79 Å². The maximum Gasteiger partial charge on any atom is 0.248 e. The second-order valence-corrected chi connectivity index (χ2v) is 4.61. The smallest absolute Gasteiger partial charge is 0.248 e. The molecule has 0 spiro atoms. The summed E-state index contributed by atoms with van der Waals surface area (Å²) in [6, 6.07) is 7.52. The summed E-state index contributed by atoms with van der Waals surface area (Å²) in [5.74, 6) is 0.0772. The molecular weight excluding hydrogens is 236 g/mol. The van der Waals surface area contributed by atoms with Crippen LogP contribution in [0.15, 0.2) is 29.4 Å². The van der Waals surface area contributed by atoms with Gasteiger partial charge in [-0.2, -0.15) is 5.10 Å². The molecule has 17 heavy (non-hydrogen) atoms. The molecule has 1 heterocycles. The highest BCUT2D eigenvalue weighted by Crippen LogP contribution is 2.17. The van der Waals surface area contributed by atoms with Gasteiger partial charge in [0.25, 0.3) is 0 Å². The summed E-state index contributed by atoms with van der Waals surface area (Å²) in [5, 5.41) is 6.57. The lowest BCUT2D eigenvalue weighted by Crippen LogP contribution is -2.19. The second kappa shape index (κ2) is 5.32. The molecule has 0 unspecified atom stereocenters. The first-order chi connectivity index (χ1) is 8.19. The zero-order chi connectivity index (χ0) is 12.3. The molecule has 0 bridgehead atoms. The van der Waals surface area contributed by atoms with Gasteiger partial charge >= 0.3 is 0 Å². The summed E-state index contributed by atoms with van der Waals surface area (Å²) in [5.41, 5.74) is 1.99. The van der Waals surface area contributed by atoms with E-state index in [2.05, 4.69) is 12.0 Å². The molecule has 0 N–H and O–H groups in total. The van der Waals surface area contributed by atoms with E-state index in [4.69, 9.17) is 11.6 Å². The predicted molar refractivity (Wildman–Crippen MR) is 69.0 cm³/mol. The van der Waals surface area contributed by atoms with Gasteiger partial charge in [0.2, 0.25) is 5.91 Å². The third kappa shape index (κ3) is 3.07. The van der Waals surface area contributed by atoms with Crippen LogP contribution in [-0.4, -0.2) is 16.6 Å². The first-order valence-corrected chi connectivity index (χ1v) is 6.18. The Balaban J connectivity index is 2.06. The van der Waals surface area contributed by atoms with Gasteiger partial charge in [0.05, 0.1) is 13.0 Å². The lowest BCUT2D eigenvalue weighted by Gasteiger charge is -2.11. The van der Waals surface area contributed by atoms with Crippen LogP contribution < -0.4 is 0 Å². The van der Waals surface area contributed by atoms with Gasteiger partial charge in [-0.1, -0.05) is 37.1 Å². The highest BCUT2D eigenvalue weighted by atomic mass is 35.5. The standard InChI is InChI=1S/C13H15ClN2O/c1-2-4-12-8-13(17)16(15-12)9-10-5-3-6-11(14)7-10/h3,5-7H,2,4,8-9H2,1H3. The van der Waals surface area contributed by atoms with Gasteiger partial charge in [0.15, 0.2) is 0 Å². The second-order valence-electron chi connectivity index (χ2n) is 4.17. The molecule has 0 saturated heterocycles. The number of hydrogen-bond acceptors (Lipinski definition) is 2. The van der Waals surface area contributed by atoms with Crippen LogP contribution in [0.3, 0.4) is 0 Å². The number of amides is 1. The minimum Gasteiger partial charge on any atom is -0.273 e. The van der Waals surface area contributed by atoms with E-state index in [9.17, 15) is 4.79 Å². The molecule has 2 rings (SSSR count). The minimum atomic E-state index is 0.0772. The van der Waals surface area contributed by atoms with Gasteiger partial charge < -0.3 is 0 Å². The first-order valence-electron chi connectivity index (χ1n) is 5.80. The maximum atomic E-state index is 11.7. The molecular formula is C13H15ClN2O. The van der Waals surface area contributed by atoms with Gasteiger partial charge in [-0.25, -0.2) is 5.01 Å². The van der Waals surface area contributed by atoms with E-state index in [1.54, 1.807) is 0 Å². The van der Waals surface area contributed by atoms with E-state index in [-0.39, 0.29) is 5.91 Å². The van der Waals surface area contributed by atoms with E-state index < -0.39 is 0 Å². The normalized spacial score (nSPS) is 15.3. The molecule has 0 aromatic heterocycles. The monoisotopic (exact) mass is 250 g/mol. The SMILES string of the molecule is CCCC1=NN(Cc2cccc(Cl)c2)C(=O)C1. The third-order valence-corrected chi connectivity index (χ3v) is 2.90. The van der Waals surface area contributed by atoms with E-state index >= 15 is 0 Å². The molecule has 1 amide bonds. The minimum absolute atomic E-state index is 0.0772. The van der Waals surface area contributed by atoms with Crippen LogP contribution in [0.5, 0.6) is 0 Å². The van der Waals surface area contributed by atoms with Crippen LogP contribution in [0.1, 0.15) is 31.7 Å². The van der Waals surface area contributed by atoms with Crippen LogP contribution in [0.4, 0.5) is 0 Å². The third-order valence-electron chi connectivity index (χ3n) is 2.67. The van der Waals surface area contributed by atoms with E-state index in [1.807, 2.05) is 24.3 Å². The average molecular weight is 251 g/mol. The van der Waals surface area contributed by atoms with Gasteiger partial charge in [-0.3, -0.25) is 4.79 Å². The van der Waals surface area contributed by atoms with E-state index in [1.165, 1.54) is 5.01 Å². The number of halogens is 1. The number of carbonyl (C=O) groups is 1. The van der Waals surface area contributed by atoms with Crippen LogP contribution >= 0.6 is 11.6 Å². The molecule has 1 aliphatic heterocycles. The van der Waals surface area contributed by atoms with Crippen molar-refractivity contribution >= 4 is 23.2 Å². The quantitative estimate of drug-likeness (QED) is 0.808. The fourth-order valence-corrected chi connectivity index (χ4v) is 2.10. The molecule has 4 heteroatoms. The molecule has 0 aliphatic carbocycles. The van der Waals surface area contributed by atoms with Gasteiger partial charge in [0.1, 0.15) is 0 Å². The fraction of sp³-hybridized carbons (Fsp3) is 0.385. The van der Waals surface area contributed by atoms with Crippen LogP contribution in [0.2, 0.25) is 5.02 Å². The van der Waals surface area contributed by atoms with Gasteiger partial charge in [-0.15, -0.1) is 0 Å². The number of benzene rings is 1. The van der Waals surface area contributed by atoms with Crippen molar-refractivity contribution in [1.82, 2.24) is 5.01 Å². The van der Waals surface area contributed by atoms with Gasteiger partial charge in [0, 0.05) is 10.7 Å². The lowest BCUT2D eigenvalue weighted by molar-refractivity contribution is -0.129. The predicted octanol–water partition coefficient (Wildman–Crippen LogP) is 3.23. The summed E-state index contributed by atoms with van der Waals surface area (Å²) in [6.45, 7) is 2.60. The number of rotatable bonds is 4. The first kappa shape index (κ1) is 12.1. The van der Waals surface area contributed by atoms with Crippen molar-refractivity contribution in [3.63, 3.8) is 0 Å². The summed E-state index contributed by atoms with van der Waals surface area (Å²) in [6.07, 6.45) is 2.39. The molecule has 1 aromatic carbocycles. The molecule has 0 atom stereocenters. The van der Waals surface area contributed by atoms with Crippen molar-refractivity contribution in [3.8, 4) is 0 Å². The summed E-state index contributed by atoms with van der Waals surface area (Å²) in [7, 11) is 0. The fourth-order valence-electron chi connectivity index (χ4n) is 1.89. The molecule has 0 fully saturated rings. The van der Waals surface area contributed by atoms with Gasteiger partial charge in [-0.05, 0) is 24.1 Å². The molecule has 0 radical (unpaired) electrons. The van der Waals surface area contributed by atoms with Crippen molar-refractivity contribution in [3.05, 3.63) is 34.9 Å². The van der Waals surface area contributed by atoms with Crippen LogP contribution in [-0.2, 0) is 11.3 Å². The molecule has 0 saturated carbocycles. The van der Waals surface area contributed by atoms with E-state index in [0.717, 1.165) is 24.1 Å². The van der Waals surface area contributed by atoms with Crippen molar-refractivity contribution in [2.24, 2.45) is 5.10 Å². The lowest BCUT2D eigenvalue weighted by atomic mass is 10.2. The van der Waals surface area contributed by atoms with Crippen molar-refractivity contribution in [2.75, 3.05) is 0 Å². The topological polar surface area (TPSA) is 32.7 Å². The Bertz CT molecular complexity index is 456. The van der Waals surface area contributed by atoms with Crippen molar-refractivity contribution in [2.45, 2.75) is 32.7 Å². The molecule has 1 aromatic rings. The zero-order valence-electron chi connectivity index (χ0n) is 9.82. The highest BCUT2D eigenvalue weighted by Gasteiger charge is 2.22. The Morgan fingerprint density at radius 3 is 3.00 bits per heavy atom. The molecule has 1 aliphatic rings. The summed E-state index contributed by atoms with van der Waals surface area (Å²) < 4.78 is 0. The summed E-state index contributed by atoms with van der Waals surface area (Å²) >= 11 is 5.91. The molecule has 90 valence electrons. The zero-order valence-corrected chi connectivity index (χ0v) is 10.6. The number of nitrogens with zero attached hydrogens (tertiary/aromatic N) is 2. The summed E-state index contributed by atoms with van der Waals surface area (Å²) in [4.78, 5) is 11.7. The number of carbonyl (C=O) groups excluding carboxylic acids is 1. The van der Waals surface area contributed by atoms with E-state index in [0.29, 0.717) is 18.0 Å². The van der Waals surface area contributed by atoms with Crippen LogP contribution in [0.25, 0.3) is 0 Å². The average Bonchev–Trinajstić information content (AvgIpc) is 2.60. The largest absolute Gasteiger partial charge is 0.273 e. The Hall–Kier alpha value is -1.35. The Morgan fingerprint density at radius 2 is 2.29 bits per heavy atom. The molecule has 3 nitrogen and oxygen atoms in total. The van der Waals surface area contributed by atoms with Crippen LogP contribution in [0, 0.1) is 0 Å². The van der Waals surface area contributed by atoms with Crippen molar-refractivity contribution in [1.29, 1.82) is 0 Å². The number of hydrogen-bond donors (Lipinski definition) is 0. The Labute approximate surface area is 106 Å². The Kier molecular flexibility index (Phi) is 3.79. The Morgan fingerprint density at radius 1 is 1.47 bits per heavy atom.